The molecule has 0 heterocycles. The van der Waals surface area contributed by atoms with Gasteiger partial charge in [0.1, 0.15) is 13.2 Å². The van der Waals surface area contributed by atoms with Crippen LogP contribution in [0.15, 0.2) is 97.2 Å². The summed E-state index contributed by atoms with van der Waals surface area (Å²) in [4.78, 5) is 38.3. The van der Waals surface area contributed by atoms with Gasteiger partial charge in [0, 0.05) is 19.3 Å². The summed E-state index contributed by atoms with van der Waals surface area (Å²) < 4.78 is 16.9. The molecular formula is C73H126O6. The molecule has 0 spiro atoms. The van der Waals surface area contributed by atoms with E-state index in [1.165, 1.54) is 193 Å². The molecule has 0 aliphatic rings. The highest BCUT2D eigenvalue weighted by molar-refractivity contribution is 5.71. The predicted molar refractivity (Wildman–Crippen MR) is 344 cm³/mol. The predicted octanol–water partition coefficient (Wildman–Crippen LogP) is 23.2. The number of hydrogen-bond donors (Lipinski definition) is 0. The summed E-state index contributed by atoms with van der Waals surface area (Å²) in [7, 11) is 0. The molecule has 6 heteroatoms. The Labute approximate surface area is 489 Å². The van der Waals surface area contributed by atoms with Crippen LogP contribution in [0, 0.1) is 0 Å². The first-order valence-corrected chi connectivity index (χ1v) is 33.7. The van der Waals surface area contributed by atoms with Crippen LogP contribution in [0.3, 0.4) is 0 Å². The van der Waals surface area contributed by atoms with Gasteiger partial charge in [-0.3, -0.25) is 14.4 Å². The number of ether oxygens (including phenoxy) is 3. The third-order valence-corrected chi connectivity index (χ3v) is 14.6. The van der Waals surface area contributed by atoms with Crippen molar-refractivity contribution in [1.82, 2.24) is 0 Å². The highest BCUT2D eigenvalue weighted by atomic mass is 16.6. The quantitative estimate of drug-likeness (QED) is 0.0261. The molecule has 0 saturated heterocycles. The zero-order chi connectivity index (χ0) is 57.1. The number of unbranched alkanes of at least 4 members (excludes halogenated alkanes) is 34. The molecule has 1 atom stereocenters. The molecule has 0 aromatic heterocycles. The highest BCUT2D eigenvalue weighted by Gasteiger charge is 2.19. The standard InChI is InChI=1S/C73H126O6/c1-4-7-10-13-16-19-22-25-27-29-30-31-32-33-34-35-36-37-38-39-40-41-42-44-45-48-51-54-57-60-63-66-72(75)78-69-70(68-77-71(74)65-62-59-56-53-50-47-24-21-18-15-12-9-6-3)79-73(76)67-64-61-58-55-52-49-46-43-28-26-23-20-17-14-11-8-5-2/h8,11,17,20,22,25-26,28-30,32-33,46,49,55,58,70H,4-7,9-10,12-16,18-19,21,23-24,27,31,34-45,47-48,50-54,56-57,59-69H2,1-3H3/b11-8-,20-17-,25-22-,28-26-,30-29-,33-32-,49-46-,58-55-. The summed E-state index contributed by atoms with van der Waals surface area (Å²) in [5, 5.41) is 0. The molecule has 0 aliphatic carbocycles. The van der Waals surface area contributed by atoms with E-state index < -0.39 is 6.10 Å². The topological polar surface area (TPSA) is 78.9 Å². The van der Waals surface area contributed by atoms with Crippen molar-refractivity contribution >= 4 is 17.9 Å². The van der Waals surface area contributed by atoms with Gasteiger partial charge >= 0.3 is 17.9 Å². The second kappa shape index (κ2) is 66.8. The lowest BCUT2D eigenvalue weighted by Crippen LogP contribution is -2.30. The highest BCUT2D eigenvalue weighted by Crippen LogP contribution is 2.17. The molecule has 0 radical (unpaired) electrons. The molecule has 0 saturated carbocycles. The van der Waals surface area contributed by atoms with Crippen LogP contribution in [0.5, 0.6) is 0 Å². The molecular weight excluding hydrogens is 973 g/mol. The largest absolute Gasteiger partial charge is 0.462 e. The van der Waals surface area contributed by atoms with Gasteiger partial charge in [0.25, 0.3) is 0 Å². The Morgan fingerprint density at radius 1 is 0.266 bits per heavy atom. The number of rotatable bonds is 61. The van der Waals surface area contributed by atoms with Gasteiger partial charge in [-0.05, 0) is 96.3 Å². The van der Waals surface area contributed by atoms with Crippen LogP contribution < -0.4 is 0 Å². The Kier molecular flexibility index (Phi) is 63.7. The average molecular weight is 1100 g/mol. The SMILES string of the molecule is CC/C=C\C/C=C\C/C=C\C/C=C\C/C=C\CCCC(=O)OC(COC(=O)CCCCCCCCCCCCCCC)COC(=O)CCCCCCCCCCCCCCCCCC/C=C\C/C=C\C/C=C\CCCCCCC. The van der Waals surface area contributed by atoms with Crippen molar-refractivity contribution in [2.75, 3.05) is 13.2 Å². The minimum atomic E-state index is -0.806. The lowest BCUT2D eigenvalue weighted by Gasteiger charge is -2.18. The lowest BCUT2D eigenvalue weighted by molar-refractivity contribution is -0.167. The third kappa shape index (κ3) is 65.0. The molecule has 0 aliphatic heterocycles. The van der Waals surface area contributed by atoms with E-state index >= 15 is 0 Å². The van der Waals surface area contributed by atoms with E-state index in [1.54, 1.807) is 0 Å². The third-order valence-electron chi connectivity index (χ3n) is 14.6. The fourth-order valence-electron chi connectivity index (χ4n) is 9.55. The van der Waals surface area contributed by atoms with Crippen molar-refractivity contribution in [3.63, 3.8) is 0 Å². The Bertz CT molecular complexity index is 1540. The summed E-state index contributed by atoms with van der Waals surface area (Å²) in [6.45, 7) is 6.50. The number of esters is 3. The van der Waals surface area contributed by atoms with E-state index in [9.17, 15) is 14.4 Å². The molecule has 6 nitrogen and oxygen atoms in total. The summed E-state index contributed by atoms with van der Waals surface area (Å²) in [5.74, 6) is -0.943. The van der Waals surface area contributed by atoms with Gasteiger partial charge in [-0.2, -0.15) is 0 Å². The van der Waals surface area contributed by atoms with Crippen LogP contribution >= 0.6 is 0 Å². The van der Waals surface area contributed by atoms with Gasteiger partial charge in [0.05, 0.1) is 0 Å². The maximum absolute atomic E-state index is 12.9. The van der Waals surface area contributed by atoms with E-state index in [0.717, 1.165) is 89.9 Å². The first-order chi connectivity index (χ1) is 39.0. The van der Waals surface area contributed by atoms with Gasteiger partial charge < -0.3 is 14.2 Å². The maximum Gasteiger partial charge on any atom is 0.306 e. The van der Waals surface area contributed by atoms with Gasteiger partial charge in [0.15, 0.2) is 6.10 Å². The lowest BCUT2D eigenvalue weighted by atomic mass is 10.0. The van der Waals surface area contributed by atoms with E-state index in [-0.39, 0.29) is 37.5 Å². The van der Waals surface area contributed by atoms with Crippen molar-refractivity contribution in [2.45, 2.75) is 335 Å². The van der Waals surface area contributed by atoms with Crippen molar-refractivity contribution in [3.8, 4) is 0 Å². The second-order valence-corrected chi connectivity index (χ2v) is 22.4. The van der Waals surface area contributed by atoms with Crippen LogP contribution in [0.2, 0.25) is 0 Å². The number of carbonyl (C=O) groups excluding carboxylic acids is 3. The zero-order valence-corrected chi connectivity index (χ0v) is 52.1. The van der Waals surface area contributed by atoms with E-state index in [4.69, 9.17) is 14.2 Å². The Morgan fingerprint density at radius 3 is 0.810 bits per heavy atom. The molecule has 0 fully saturated rings. The number of hydrogen-bond acceptors (Lipinski definition) is 6. The molecule has 0 aromatic carbocycles. The van der Waals surface area contributed by atoms with Crippen LogP contribution in [0.1, 0.15) is 329 Å². The average Bonchev–Trinajstić information content (AvgIpc) is 3.45. The van der Waals surface area contributed by atoms with Gasteiger partial charge in [0.2, 0.25) is 0 Å². The molecule has 79 heavy (non-hydrogen) atoms. The smallest absolute Gasteiger partial charge is 0.306 e. The van der Waals surface area contributed by atoms with E-state index in [1.807, 2.05) is 0 Å². The van der Waals surface area contributed by atoms with Crippen LogP contribution in [-0.2, 0) is 28.6 Å². The van der Waals surface area contributed by atoms with Crippen molar-refractivity contribution < 1.29 is 28.6 Å². The van der Waals surface area contributed by atoms with Gasteiger partial charge in [-0.1, -0.05) is 311 Å². The van der Waals surface area contributed by atoms with Crippen molar-refractivity contribution in [1.29, 1.82) is 0 Å². The summed E-state index contributed by atoms with van der Waals surface area (Å²) >= 11 is 0. The summed E-state index contributed by atoms with van der Waals surface area (Å²) in [6.07, 6.45) is 90.1. The first kappa shape index (κ1) is 75.3. The fraction of sp³-hybridized carbons (Fsp3) is 0.740. The van der Waals surface area contributed by atoms with Gasteiger partial charge in [-0.25, -0.2) is 0 Å². The Balaban J connectivity index is 4.25. The van der Waals surface area contributed by atoms with Crippen LogP contribution in [0.4, 0.5) is 0 Å². The number of allylic oxidation sites excluding steroid dienone is 16. The minimum absolute atomic E-state index is 0.0966. The molecule has 0 N–H and O–H groups in total. The molecule has 0 bridgehead atoms. The van der Waals surface area contributed by atoms with E-state index in [0.29, 0.717) is 19.3 Å². The maximum atomic E-state index is 12.9. The van der Waals surface area contributed by atoms with Crippen LogP contribution in [-0.4, -0.2) is 37.2 Å². The van der Waals surface area contributed by atoms with Crippen molar-refractivity contribution in [3.05, 3.63) is 97.2 Å². The monoisotopic (exact) mass is 1100 g/mol. The summed E-state index contributed by atoms with van der Waals surface area (Å²) in [5.41, 5.74) is 0. The fourth-order valence-corrected chi connectivity index (χ4v) is 9.55. The molecule has 0 aromatic rings. The minimum Gasteiger partial charge on any atom is -0.462 e. The van der Waals surface area contributed by atoms with Gasteiger partial charge in [-0.15, -0.1) is 0 Å². The molecule has 0 amide bonds. The second-order valence-electron chi connectivity index (χ2n) is 22.4. The Morgan fingerprint density at radius 2 is 0.506 bits per heavy atom. The molecule has 1 unspecified atom stereocenters. The Hall–Kier alpha value is -3.67. The normalized spacial score (nSPS) is 12.7. The zero-order valence-electron chi connectivity index (χ0n) is 52.1. The van der Waals surface area contributed by atoms with E-state index in [2.05, 4.69) is 118 Å². The van der Waals surface area contributed by atoms with Crippen molar-refractivity contribution in [2.24, 2.45) is 0 Å². The number of carbonyl (C=O) groups is 3. The summed E-state index contributed by atoms with van der Waals surface area (Å²) in [6, 6.07) is 0. The molecule has 0 rings (SSSR count). The van der Waals surface area contributed by atoms with Crippen LogP contribution in [0.25, 0.3) is 0 Å². The first-order valence-electron chi connectivity index (χ1n) is 33.7. The molecule has 454 valence electrons.